The lowest BCUT2D eigenvalue weighted by Gasteiger charge is -2.11. The molecule has 0 aliphatic carbocycles. The first-order chi connectivity index (χ1) is 16.1. The summed E-state index contributed by atoms with van der Waals surface area (Å²) in [6.07, 6.45) is 0. The summed E-state index contributed by atoms with van der Waals surface area (Å²) < 4.78 is 17.8. The van der Waals surface area contributed by atoms with Crippen LogP contribution in [-0.4, -0.2) is 50.8 Å². The number of hydrogen-bond donors (Lipinski definition) is 1. The van der Waals surface area contributed by atoms with Crippen molar-refractivity contribution in [2.45, 2.75) is 18.6 Å². The van der Waals surface area contributed by atoms with E-state index in [2.05, 4.69) is 25.7 Å². The van der Waals surface area contributed by atoms with Gasteiger partial charge in [-0.25, -0.2) is 0 Å². The second-order valence-electron chi connectivity index (χ2n) is 6.74. The summed E-state index contributed by atoms with van der Waals surface area (Å²) in [7, 11) is 3.10. The minimum atomic E-state index is -0.220. The maximum Gasteiger partial charge on any atom is 0.296 e. The van der Waals surface area contributed by atoms with Gasteiger partial charge >= 0.3 is 0 Å². The van der Waals surface area contributed by atoms with Crippen molar-refractivity contribution >= 4 is 23.4 Å². The maximum absolute atomic E-state index is 12.6. The van der Waals surface area contributed by atoms with Gasteiger partial charge in [0.05, 0.1) is 25.7 Å². The van der Waals surface area contributed by atoms with Crippen molar-refractivity contribution < 1.29 is 18.8 Å². The third-order valence-corrected chi connectivity index (χ3v) is 5.66. The Bertz CT molecular complexity index is 1240. The molecule has 1 N–H and O–H groups in total. The Labute approximate surface area is 194 Å². The number of methoxy groups -OCH3 is 2. The first kappa shape index (κ1) is 22.3. The number of rotatable bonds is 9. The van der Waals surface area contributed by atoms with Crippen molar-refractivity contribution in [3.05, 3.63) is 48.5 Å². The van der Waals surface area contributed by atoms with Gasteiger partial charge in [-0.1, -0.05) is 47.3 Å². The average Bonchev–Trinajstić information content (AvgIpc) is 3.50. The van der Waals surface area contributed by atoms with Crippen LogP contribution < -0.4 is 14.8 Å². The summed E-state index contributed by atoms with van der Waals surface area (Å²) in [6, 6.07) is 14.7. The van der Waals surface area contributed by atoms with Crippen molar-refractivity contribution in [3.63, 3.8) is 0 Å². The van der Waals surface area contributed by atoms with Crippen molar-refractivity contribution in [1.29, 1.82) is 0 Å². The molecule has 0 radical (unpaired) electrons. The molecule has 0 spiro atoms. The first-order valence-corrected chi connectivity index (χ1v) is 11.1. The molecule has 4 aromatic rings. The summed E-state index contributed by atoms with van der Waals surface area (Å²) in [4.78, 5) is 17.0. The number of thioether (sulfide) groups is 1. The molecule has 0 saturated carbocycles. The molecule has 11 heteroatoms. The van der Waals surface area contributed by atoms with Crippen LogP contribution in [0.3, 0.4) is 0 Å². The summed E-state index contributed by atoms with van der Waals surface area (Å²) in [5.41, 5.74) is 1.37. The van der Waals surface area contributed by atoms with Crippen molar-refractivity contribution in [2.24, 2.45) is 0 Å². The van der Waals surface area contributed by atoms with E-state index in [0.717, 1.165) is 5.56 Å². The van der Waals surface area contributed by atoms with Crippen LogP contribution in [0.5, 0.6) is 11.5 Å². The largest absolute Gasteiger partial charge is 0.497 e. The van der Waals surface area contributed by atoms with E-state index in [1.165, 1.54) is 18.9 Å². The fourth-order valence-corrected chi connectivity index (χ4v) is 3.89. The molecule has 0 unspecified atom stereocenters. The number of nitrogens with zero attached hydrogens (tertiary/aromatic N) is 5. The number of amides is 1. The maximum atomic E-state index is 12.6. The summed E-state index contributed by atoms with van der Waals surface area (Å²) in [5, 5.41) is 15.9. The Morgan fingerprint density at radius 2 is 1.94 bits per heavy atom. The molecule has 0 saturated heterocycles. The van der Waals surface area contributed by atoms with E-state index >= 15 is 0 Å². The zero-order chi connectivity index (χ0) is 23.2. The Morgan fingerprint density at radius 1 is 1.12 bits per heavy atom. The predicted octanol–water partition coefficient (Wildman–Crippen LogP) is 3.76. The Balaban J connectivity index is 1.46. The summed E-state index contributed by atoms with van der Waals surface area (Å²) in [5.74, 6) is 2.24. The smallest absolute Gasteiger partial charge is 0.296 e. The summed E-state index contributed by atoms with van der Waals surface area (Å²) >= 11 is 1.26. The molecule has 2 heterocycles. The van der Waals surface area contributed by atoms with Crippen molar-refractivity contribution in [3.8, 4) is 34.6 Å². The number of aromatic nitrogens is 5. The molecule has 2 aromatic carbocycles. The van der Waals surface area contributed by atoms with E-state index in [1.54, 1.807) is 25.3 Å². The number of anilines is 1. The van der Waals surface area contributed by atoms with E-state index in [0.29, 0.717) is 40.5 Å². The highest BCUT2D eigenvalue weighted by molar-refractivity contribution is 7.99. The SMILES string of the molecule is CCn1c(SCC(=O)Nc2cc(OC)ccc2OC)nnc1-c1nc(-c2ccccc2)no1. The molecule has 2 aromatic heterocycles. The highest BCUT2D eigenvalue weighted by Crippen LogP contribution is 2.30. The molecule has 10 nitrogen and oxygen atoms in total. The fourth-order valence-electron chi connectivity index (χ4n) is 3.09. The molecule has 170 valence electrons. The quantitative estimate of drug-likeness (QED) is 0.368. The van der Waals surface area contributed by atoms with E-state index in [9.17, 15) is 4.79 Å². The van der Waals surface area contributed by atoms with Gasteiger partial charge in [0, 0.05) is 18.2 Å². The number of nitrogens with one attached hydrogen (secondary N) is 1. The van der Waals surface area contributed by atoms with Gasteiger partial charge in [-0.2, -0.15) is 4.98 Å². The monoisotopic (exact) mass is 466 g/mol. The van der Waals surface area contributed by atoms with Crippen LogP contribution in [-0.2, 0) is 11.3 Å². The van der Waals surface area contributed by atoms with E-state index in [1.807, 2.05) is 41.8 Å². The number of carbonyl (C=O) groups excluding carboxylic acids is 1. The Kier molecular flexibility index (Phi) is 6.89. The van der Waals surface area contributed by atoms with Crippen molar-refractivity contribution in [2.75, 3.05) is 25.3 Å². The third kappa shape index (κ3) is 4.98. The minimum Gasteiger partial charge on any atom is -0.497 e. The third-order valence-electron chi connectivity index (χ3n) is 4.70. The minimum absolute atomic E-state index is 0.123. The molecule has 0 fully saturated rings. The molecule has 0 atom stereocenters. The van der Waals surface area contributed by atoms with Gasteiger partial charge in [0.1, 0.15) is 11.5 Å². The zero-order valence-corrected chi connectivity index (χ0v) is 19.1. The lowest BCUT2D eigenvalue weighted by Crippen LogP contribution is -2.15. The lowest BCUT2D eigenvalue weighted by atomic mass is 10.2. The van der Waals surface area contributed by atoms with Gasteiger partial charge in [0.2, 0.25) is 17.6 Å². The second kappa shape index (κ2) is 10.2. The number of ether oxygens (including phenoxy) is 2. The molecular formula is C22H22N6O4S. The van der Waals surface area contributed by atoms with Crippen LogP contribution >= 0.6 is 11.8 Å². The normalized spacial score (nSPS) is 10.8. The summed E-state index contributed by atoms with van der Waals surface area (Å²) in [6.45, 7) is 2.52. The zero-order valence-electron chi connectivity index (χ0n) is 18.3. The first-order valence-electron chi connectivity index (χ1n) is 10.1. The van der Waals surface area contributed by atoms with Gasteiger partial charge in [-0.05, 0) is 19.1 Å². The highest BCUT2D eigenvalue weighted by atomic mass is 32.2. The van der Waals surface area contributed by atoms with Crippen LogP contribution in [0.25, 0.3) is 23.1 Å². The molecule has 1 amide bonds. The second-order valence-corrected chi connectivity index (χ2v) is 7.69. The van der Waals surface area contributed by atoms with E-state index in [4.69, 9.17) is 14.0 Å². The topological polar surface area (TPSA) is 117 Å². The van der Waals surface area contributed by atoms with Crippen LogP contribution in [0.2, 0.25) is 0 Å². The Morgan fingerprint density at radius 3 is 2.67 bits per heavy atom. The van der Waals surface area contributed by atoms with Gasteiger partial charge < -0.3 is 19.3 Å². The molecule has 0 aliphatic rings. The van der Waals surface area contributed by atoms with Gasteiger partial charge in [0.25, 0.3) is 5.89 Å². The highest BCUT2D eigenvalue weighted by Gasteiger charge is 2.20. The number of carbonyl (C=O) groups is 1. The van der Waals surface area contributed by atoms with Gasteiger partial charge in [-0.15, -0.1) is 10.2 Å². The van der Waals surface area contributed by atoms with E-state index in [-0.39, 0.29) is 17.6 Å². The van der Waals surface area contributed by atoms with Crippen LogP contribution in [0.4, 0.5) is 5.69 Å². The lowest BCUT2D eigenvalue weighted by molar-refractivity contribution is -0.113. The van der Waals surface area contributed by atoms with Gasteiger partial charge in [-0.3, -0.25) is 9.36 Å². The number of benzene rings is 2. The predicted molar refractivity (Wildman–Crippen MR) is 123 cm³/mol. The standard InChI is InChI=1S/C22H22N6O4S/c1-4-28-20(21-24-19(27-32-21)14-8-6-5-7-9-14)25-26-22(28)33-13-18(29)23-16-12-15(30-2)10-11-17(16)31-3/h5-12H,4,13H2,1-3H3,(H,23,29). The fraction of sp³-hybridized carbons (Fsp3) is 0.227. The van der Waals surface area contributed by atoms with Gasteiger partial charge in [0.15, 0.2) is 5.16 Å². The average molecular weight is 467 g/mol. The van der Waals surface area contributed by atoms with Crippen LogP contribution in [0.1, 0.15) is 6.92 Å². The number of hydrogen-bond acceptors (Lipinski definition) is 9. The van der Waals surface area contributed by atoms with Crippen molar-refractivity contribution in [1.82, 2.24) is 24.9 Å². The van der Waals surface area contributed by atoms with Crippen LogP contribution in [0.15, 0.2) is 58.2 Å². The molecular weight excluding hydrogens is 444 g/mol. The molecule has 33 heavy (non-hydrogen) atoms. The molecule has 0 bridgehead atoms. The Hall–Kier alpha value is -3.86. The molecule has 4 rings (SSSR count). The van der Waals surface area contributed by atoms with E-state index < -0.39 is 0 Å². The van der Waals surface area contributed by atoms with Crippen LogP contribution in [0, 0.1) is 0 Å². The molecule has 0 aliphatic heterocycles.